The maximum Gasteiger partial charge on any atom is 0.227 e. The van der Waals surface area contributed by atoms with Gasteiger partial charge in [-0.1, -0.05) is 13.8 Å². The van der Waals surface area contributed by atoms with Crippen LogP contribution in [0.25, 0.3) is 0 Å². The summed E-state index contributed by atoms with van der Waals surface area (Å²) < 4.78 is 12.5. The van der Waals surface area contributed by atoms with Crippen LogP contribution in [-0.4, -0.2) is 40.8 Å². The highest BCUT2D eigenvalue weighted by Crippen LogP contribution is 2.17. The average Bonchev–Trinajstić information content (AvgIpc) is 3.15. The van der Waals surface area contributed by atoms with Gasteiger partial charge in [-0.25, -0.2) is 0 Å². The van der Waals surface area contributed by atoms with Crippen molar-refractivity contribution in [1.82, 2.24) is 14.7 Å². The molecule has 25 heavy (non-hydrogen) atoms. The molecule has 0 saturated heterocycles. The zero-order valence-electron chi connectivity index (χ0n) is 15.9. The highest BCUT2D eigenvalue weighted by atomic mass is 16.5. The van der Waals surface area contributed by atoms with Crippen LogP contribution in [0.2, 0.25) is 0 Å². The van der Waals surface area contributed by atoms with Crippen LogP contribution < -0.4 is 0 Å². The molecule has 0 atom stereocenters. The normalized spacial score (nSPS) is 11.3. The fraction of sp³-hybridized carbons (Fsp3) is 0.579. The zero-order valence-corrected chi connectivity index (χ0v) is 15.9. The molecule has 0 aliphatic carbocycles. The summed E-state index contributed by atoms with van der Waals surface area (Å²) in [5, 5.41) is 4.60. The first-order valence-electron chi connectivity index (χ1n) is 8.74. The van der Waals surface area contributed by atoms with Crippen molar-refractivity contribution in [3.8, 4) is 0 Å². The number of rotatable bonds is 9. The number of amides is 1. The third-order valence-corrected chi connectivity index (χ3v) is 4.24. The van der Waals surface area contributed by atoms with Crippen LogP contribution in [0.3, 0.4) is 0 Å². The van der Waals surface area contributed by atoms with E-state index < -0.39 is 0 Å². The standard InChI is InChI=1S/C19H29N3O3/c1-14(2)12-22-16(4)18(15(3)20-22)11-19(23)21(8-10-24-5)13-17-7-6-9-25-17/h6-7,9,14H,8,10-13H2,1-5H3. The van der Waals surface area contributed by atoms with E-state index in [0.717, 1.165) is 29.3 Å². The minimum absolute atomic E-state index is 0.0590. The summed E-state index contributed by atoms with van der Waals surface area (Å²) in [5.41, 5.74) is 3.02. The van der Waals surface area contributed by atoms with Gasteiger partial charge in [0, 0.05) is 31.5 Å². The second kappa shape index (κ2) is 8.85. The van der Waals surface area contributed by atoms with Gasteiger partial charge >= 0.3 is 0 Å². The van der Waals surface area contributed by atoms with Crippen molar-refractivity contribution in [2.75, 3.05) is 20.3 Å². The van der Waals surface area contributed by atoms with Crippen LogP contribution in [-0.2, 0) is 29.0 Å². The molecule has 0 aliphatic heterocycles. The lowest BCUT2D eigenvalue weighted by Crippen LogP contribution is -2.34. The van der Waals surface area contributed by atoms with E-state index in [0.29, 0.717) is 32.0 Å². The number of furan rings is 1. The topological polar surface area (TPSA) is 60.5 Å². The van der Waals surface area contributed by atoms with Crippen molar-refractivity contribution in [3.63, 3.8) is 0 Å². The van der Waals surface area contributed by atoms with Gasteiger partial charge in [0.25, 0.3) is 0 Å². The van der Waals surface area contributed by atoms with E-state index in [1.807, 2.05) is 30.7 Å². The summed E-state index contributed by atoms with van der Waals surface area (Å²) in [5.74, 6) is 1.34. The summed E-state index contributed by atoms with van der Waals surface area (Å²) in [6.07, 6.45) is 1.97. The van der Waals surface area contributed by atoms with Crippen LogP contribution in [0.15, 0.2) is 22.8 Å². The minimum atomic E-state index is 0.0590. The van der Waals surface area contributed by atoms with E-state index in [4.69, 9.17) is 9.15 Å². The van der Waals surface area contributed by atoms with Crippen molar-refractivity contribution in [2.24, 2.45) is 5.92 Å². The molecule has 0 unspecified atom stereocenters. The van der Waals surface area contributed by atoms with E-state index in [2.05, 4.69) is 18.9 Å². The number of carbonyl (C=O) groups excluding carboxylic acids is 1. The zero-order chi connectivity index (χ0) is 18.4. The number of hydrogen-bond acceptors (Lipinski definition) is 4. The third-order valence-electron chi connectivity index (χ3n) is 4.24. The fourth-order valence-corrected chi connectivity index (χ4v) is 2.86. The van der Waals surface area contributed by atoms with Gasteiger partial charge in [0.2, 0.25) is 5.91 Å². The summed E-state index contributed by atoms with van der Waals surface area (Å²) in [6, 6.07) is 3.71. The molecule has 2 aromatic rings. The number of aromatic nitrogens is 2. The molecule has 0 radical (unpaired) electrons. The van der Waals surface area contributed by atoms with Crippen molar-refractivity contribution in [2.45, 2.75) is 47.2 Å². The highest BCUT2D eigenvalue weighted by Gasteiger charge is 2.20. The molecule has 2 rings (SSSR count). The molecule has 0 saturated carbocycles. The molecule has 1 amide bonds. The molecule has 6 heteroatoms. The predicted molar refractivity (Wildman–Crippen MR) is 96.2 cm³/mol. The van der Waals surface area contributed by atoms with E-state index in [-0.39, 0.29) is 5.91 Å². The van der Waals surface area contributed by atoms with E-state index in [1.54, 1.807) is 18.3 Å². The fourth-order valence-electron chi connectivity index (χ4n) is 2.86. The number of hydrogen-bond donors (Lipinski definition) is 0. The van der Waals surface area contributed by atoms with Gasteiger partial charge in [0.05, 0.1) is 31.5 Å². The van der Waals surface area contributed by atoms with Crippen molar-refractivity contribution < 1.29 is 13.9 Å². The molecular formula is C19H29N3O3. The Morgan fingerprint density at radius 3 is 2.76 bits per heavy atom. The summed E-state index contributed by atoms with van der Waals surface area (Å²) in [6.45, 7) is 10.7. The van der Waals surface area contributed by atoms with Gasteiger partial charge in [-0.15, -0.1) is 0 Å². The second-order valence-corrected chi connectivity index (χ2v) is 6.79. The SMILES string of the molecule is COCCN(Cc1ccco1)C(=O)Cc1c(C)nn(CC(C)C)c1C. The van der Waals surface area contributed by atoms with Crippen molar-refractivity contribution in [3.05, 3.63) is 41.1 Å². The monoisotopic (exact) mass is 347 g/mol. The van der Waals surface area contributed by atoms with Crippen LogP contribution >= 0.6 is 0 Å². The number of ether oxygens (including phenoxy) is 1. The first-order valence-corrected chi connectivity index (χ1v) is 8.74. The summed E-state index contributed by atoms with van der Waals surface area (Å²) >= 11 is 0. The first kappa shape index (κ1) is 19.2. The number of methoxy groups -OCH3 is 1. The predicted octanol–water partition coefficient (Wildman–Crippen LogP) is 2.97. The van der Waals surface area contributed by atoms with Gasteiger partial charge < -0.3 is 14.1 Å². The quantitative estimate of drug-likeness (QED) is 0.700. The maximum absolute atomic E-state index is 12.9. The molecule has 0 bridgehead atoms. The smallest absolute Gasteiger partial charge is 0.227 e. The van der Waals surface area contributed by atoms with E-state index in [1.165, 1.54) is 0 Å². The largest absolute Gasteiger partial charge is 0.467 e. The lowest BCUT2D eigenvalue weighted by Gasteiger charge is -2.21. The number of aryl methyl sites for hydroxylation is 1. The van der Waals surface area contributed by atoms with Crippen LogP contribution in [0, 0.1) is 19.8 Å². The summed E-state index contributed by atoms with van der Waals surface area (Å²) in [4.78, 5) is 14.7. The summed E-state index contributed by atoms with van der Waals surface area (Å²) in [7, 11) is 1.64. The Bertz CT molecular complexity index is 674. The van der Waals surface area contributed by atoms with Crippen molar-refractivity contribution in [1.29, 1.82) is 0 Å². The molecule has 0 N–H and O–H groups in total. The van der Waals surface area contributed by atoms with Gasteiger partial charge in [0.1, 0.15) is 5.76 Å². The Morgan fingerprint density at radius 1 is 1.40 bits per heavy atom. The lowest BCUT2D eigenvalue weighted by molar-refractivity contribution is -0.132. The van der Waals surface area contributed by atoms with Gasteiger partial charge in [-0.05, 0) is 31.9 Å². The molecule has 0 aromatic carbocycles. The van der Waals surface area contributed by atoms with Crippen LogP contribution in [0.5, 0.6) is 0 Å². The Labute approximate surface area is 149 Å². The van der Waals surface area contributed by atoms with Gasteiger partial charge in [-0.2, -0.15) is 5.10 Å². The highest BCUT2D eigenvalue weighted by molar-refractivity contribution is 5.79. The van der Waals surface area contributed by atoms with E-state index >= 15 is 0 Å². The molecule has 0 fully saturated rings. The van der Waals surface area contributed by atoms with Crippen LogP contribution in [0.1, 0.15) is 36.6 Å². The molecule has 0 spiro atoms. The van der Waals surface area contributed by atoms with E-state index in [9.17, 15) is 4.79 Å². The molecule has 2 aromatic heterocycles. The molecule has 2 heterocycles. The van der Waals surface area contributed by atoms with Gasteiger partial charge in [-0.3, -0.25) is 9.48 Å². The number of carbonyl (C=O) groups is 1. The Morgan fingerprint density at radius 2 is 2.16 bits per heavy atom. The Balaban J connectivity index is 2.12. The van der Waals surface area contributed by atoms with Crippen LogP contribution in [0.4, 0.5) is 0 Å². The number of nitrogens with zero attached hydrogens (tertiary/aromatic N) is 3. The Hall–Kier alpha value is -2.08. The van der Waals surface area contributed by atoms with Crippen molar-refractivity contribution >= 4 is 5.91 Å². The molecule has 138 valence electrons. The minimum Gasteiger partial charge on any atom is -0.467 e. The Kier molecular flexibility index (Phi) is 6.82. The van der Waals surface area contributed by atoms with Gasteiger partial charge in [0.15, 0.2) is 0 Å². The molecular weight excluding hydrogens is 318 g/mol. The molecule has 0 aliphatic rings. The molecule has 6 nitrogen and oxygen atoms in total. The maximum atomic E-state index is 12.9. The first-order chi connectivity index (χ1) is 11.9. The second-order valence-electron chi connectivity index (χ2n) is 6.79. The lowest BCUT2D eigenvalue weighted by atomic mass is 10.1. The average molecular weight is 347 g/mol. The third kappa shape index (κ3) is 5.19.